The number of aliphatic hydroxyl groups is 1. The van der Waals surface area contributed by atoms with E-state index in [9.17, 15) is 5.11 Å². The van der Waals surface area contributed by atoms with E-state index < -0.39 is 0 Å². The number of nitrogens with zero attached hydrogens (tertiary/aromatic N) is 6. The molecule has 12 heteroatoms. The van der Waals surface area contributed by atoms with Crippen molar-refractivity contribution in [2.45, 2.75) is 25.3 Å². The molecule has 0 aliphatic carbocycles. The molecule has 9 rings (SSSR count). The van der Waals surface area contributed by atoms with Crippen LogP contribution in [-0.2, 0) is 22.7 Å². The fourth-order valence-electron chi connectivity index (χ4n) is 6.42. The van der Waals surface area contributed by atoms with Crippen LogP contribution in [-0.4, -0.2) is 60.6 Å². The molecular formula is C34H32N8O4. The van der Waals surface area contributed by atoms with E-state index >= 15 is 0 Å². The number of anilines is 2. The predicted molar refractivity (Wildman–Crippen MR) is 175 cm³/mol. The second-order valence-corrected chi connectivity index (χ2v) is 11.4. The molecule has 5 N–H and O–H groups in total. The minimum atomic E-state index is -0.131. The molecule has 0 fully saturated rings. The number of nitrogen functional groups attached to an aromatic ring is 2. The van der Waals surface area contributed by atoms with Gasteiger partial charge in [-0.1, -0.05) is 54.6 Å². The van der Waals surface area contributed by atoms with Crippen molar-refractivity contribution in [1.82, 2.24) is 29.1 Å². The number of pyridine rings is 2. The summed E-state index contributed by atoms with van der Waals surface area (Å²) in [5.41, 5.74) is 17.3. The Kier molecular flexibility index (Phi) is 7.09. The zero-order valence-electron chi connectivity index (χ0n) is 24.9. The number of rotatable bonds is 4. The fraction of sp³-hybridized carbons (Fsp3) is 0.235. The SMILES string of the molecule is Nc1nc2ccccc2c2c1nc1n2[C@@H](CO)COC1.Nc1nc2ccccc2c2c1nc1n2[C@@H](COc2ccccc2)COC1. The first-order valence-electron chi connectivity index (χ1n) is 15.1. The van der Waals surface area contributed by atoms with Gasteiger partial charge < -0.3 is 39.9 Å². The van der Waals surface area contributed by atoms with E-state index in [0.29, 0.717) is 50.2 Å². The number of fused-ring (bicyclic) bond motifs is 10. The van der Waals surface area contributed by atoms with Crippen LogP contribution in [0.3, 0.4) is 0 Å². The van der Waals surface area contributed by atoms with Crippen LogP contribution in [0.25, 0.3) is 43.9 Å². The summed E-state index contributed by atoms with van der Waals surface area (Å²) in [5, 5.41) is 11.6. The lowest BCUT2D eigenvalue weighted by Gasteiger charge is -2.26. The molecule has 46 heavy (non-hydrogen) atoms. The third-order valence-electron chi connectivity index (χ3n) is 8.46. The Bertz CT molecular complexity index is 2210. The van der Waals surface area contributed by atoms with Crippen molar-refractivity contribution in [3.63, 3.8) is 0 Å². The zero-order valence-corrected chi connectivity index (χ0v) is 24.9. The molecule has 2 aliphatic rings. The first kappa shape index (κ1) is 28.2. The molecule has 2 aliphatic heterocycles. The Hall–Kier alpha value is -5.30. The number of aromatic nitrogens is 6. The molecule has 3 aromatic carbocycles. The third kappa shape index (κ3) is 4.74. The van der Waals surface area contributed by atoms with Crippen LogP contribution in [0.15, 0.2) is 78.9 Å². The quantitative estimate of drug-likeness (QED) is 0.256. The normalized spacial score (nSPS) is 17.5. The minimum Gasteiger partial charge on any atom is -0.491 e. The maximum atomic E-state index is 9.58. The second-order valence-electron chi connectivity index (χ2n) is 11.4. The van der Waals surface area contributed by atoms with Gasteiger partial charge in [0.2, 0.25) is 0 Å². The van der Waals surface area contributed by atoms with E-state index in [1.807, 2.05) is 77.4 Å². The average Bonchev–Trinajstić information content (AvgIpc) is 3.70. The van der Waals surface area contributed by atoms with E-state index in [1.54, 1.807) is 0 Å². The van der Waals surface area contributed by atoms with Crippen molar-refractivity contribution in [2.75, 3.05) is 37.9 Å². The average molecular weight is 617 g/mol. The van der Waals surface area contributed by atoms with Crippen LogP contribution in [0.4, 0.5) is 11.6 Å². The molecule has 0 unspecified atom stereocenters. The highest BCUT2D eigenvalue weighted by Crippen LogP contribution is 2.35. The van der Waals surface area contributed by atoms with Gasteiger partial charge >= 0.3 is 0 Å². The van der Waals surface area contributed by atoms with Gasteiger partial charge in [-0.25, -0.2) is 19.9 Å². The van der Waals surface area contributed by atoms with Gasteiger partial charge in [0.05, 0.1) is 54.0 Å². The maximum Gasteiger partial charge on any atom is 0.152 e. The highest BCUT2D eigenvalue weighted by Gasteiger charge is 2.28. The van der Waals surface area contributed by atoms with E-state index in [4.69, 9.17) is 30.7 Å². The van der Waals surface area contributed by atoms with E-state index in [0.717, 1.165) is 55.8 Å². The smallest absolute Gasteiger partial charge is 0.152 e. The Morgan fingerprint density at radius 2 is 1.17 bits per heavy atom. The van der Waals surface area contributed by atoms with Crippen LogP contribution < -0.4 is 16.2 Å². The van der Waals surface area contributed by atoms with Gasteiger partial charge in [0.25, 0.3) is 0 Å². The second kappa shape index (κ2) is 11.6. The van der Waals surface area contributed by atoms with Gasteiger partial charge in [0.1, 0.15) is 48.3 Å². The Balaban J connectivity index is 0.000000140. The van der Waals surface area contributed by atoms with Crippen LogP contribution in [0.5, 0.6) is 5.75 Å². The van der Waals surface area contributed by atoms with Gasteiger partial charge in [-0.05, 0) is 24.3 Å². The summed E-state index contributed by atoms with van der Waals surface area (Å²) in [4.78, 5) is 18.1. The molecule has 4 aromatic heterocycles. The lowest BCUT2D eigenvalue weighted by molar-refractivity contribution is 0.0356. The molecule has 12 nitrogen and oxygen atoms in total. The molecule has 0 amide bonds. The van der Waals surface area contributed by atoms with Crippen LogP contribution in [0.1, 0.15) is 23.7 Å². The highest BCUT2D eigenvalue weighted by molar-refractivity contribution is 6.07. The minimum absolute atomic E-state index is 0.00894. The van der Waals surface area contributed by atoms with Crippen LogP contribution in [0.2, 0.25) is 0 Å². The van der Waals surface area contributed by atoms with Gasteiger partial charge in [-0.2, -0.15) is 0 Å². The molecule has 0 bridgehead atoms. The first-order chi connectivity index (χ1) is 22.6. The Morgan fingerprint density at radius 3 is 1.74 bits per heavy atom. The fourth-order valence-corrected chi connectivity index (χ4v) is 6.42. The van der Waals surface area contributed by atoms with Gasteiger partial charge in [-0.3, -0.25) is 0 Å². The van der Waals surface area contributed by atoms with Crippen molar-refractivity contribution in [3.05, 3.63) is 90.5 Å². The van der Waals surface area contributed by atoms with Crippen molar-refractivity contribution >= 4 is 55.5 Å². The summed E-state index contributed by atoms with van der Waals surface area (Å²) < 4.78 is 21.5. The van der Waals surface area contributed by atoms with Gasteiger partial charge in [0, 0.05) is 10.8 Å². The van der Waals surface area contributed by atoms with Crippen molar-refractivity contribution in [3.8, 4) is 5.75 Å². The highest BCUT2D eigenvalue weighted by atomic mass is 16.5. The largest absolute Gasteiger partial charge is 0.491 e. The van der Waals surface area contributed by atoms with Crippen molar-refractivity contribution in [2.24, 2.45) is 0 Å². The maximum absolute atomic E-state index is 9.58. The van der Waals surface area contributed by atoms with E-state index in [-0.39, 0.29) is 18.7 Å². The summed E-state index contributed by atoms with van der Waals surface area (Å²) in [6.45, 7) is 2.45. The number of ether oxygens (including phenoxy) is 3. The molecule has 0 saturated carbocycles. The van der Waals surface area contributed by atoms with Crippen LogP contribution in [0, 0.1) is 0 Å². The Labute approximate surface area is 263 Å². The van der Waals surface area contributed by atoms with E-state index in [2.05, 4.69) is 25.6 Å². The number of imidazole rings is 2. The summed E-state index contributed by atoms with van der Waals surface area (Å²) in [6.07, 6.45) is 0. The number of hydrogen-bond acceptors (Lipinski definition) is 10. The number of para-hydroxylation sites is 3. The lowest BCUT2D eigenvalue weighted by atomic mass is 10.1. The van der Waals surface area contributed by atoms with Gasteiger partial charge in [0.15, 0.2) is 11.6 Å². The summed E-state index contributed by atoms with van der Waals surface area (Å²) >= 11 is 0. The molecule has 0 radical (unpaired) electrons. The molecule has 7 aromatic rings. The monoisotopic (exact) mass is 616 g/mol. The molecule has 232 valence electrons. The predicted octanol–water partition coefficient (Wildman–Crippen LogP) is 4.55. The topological polar surface area (TPSA) is 161 Å². The standard InChI is InChI=1S/C20H18N4O2.C14H14N4O2/c21-20-18-19(15-8-4-5-9-16(15)22-20)24-13(10-25-12-17(24)23-18)11-26-14-6-2-1-3-7-14;15-14-12-13(9-3-1-2-4-10(9)16-14)18-8(5-19)6-20-7-11(18)17-12/h1-9,13H,10-12H2,(H2,21,22);1-4,8,19H,5-7H2,(H2,15,16)/t13-;8-/m10/s1. The first-order valence-corrected chi connectivity index (χ1v) is 15.1. The molecule has 2 atom stereocenters. The molecule has 0 saturated heterocycles. The van der Waals surface area contributed by atoms with E-state index in [1.165, 1.54) is 0 Å². The number of aliphatic hydroxyl groups excluding tert-OH is 1. The molecule has 6 heterocycles. The Morgan fingerprint density at radius 1 is 0.674 bits per heavy atom. The lowest BCUT2D eigenvalue weighted by Crippen LogP contribution is -2.28. The van der Waals surface area contributed by atoms with Crippen molar-refractivity contribution in [1.29, 1.82) is 0 Å². The van der Waals surface area contributed by atoms with Crippen molar-refractivity contribution < 1.29 is 19.3 Å². The number of hydrogen-bond donors (Lipinski definition) is 3. The molecular weight excluding hydrogens is 584 g/mol. The summed E-state index contributed by atoms with van der Waals surface area (Å²) in [5.74, 6) is 3.35. The van der Waals surface area contributed by atoms with Gasteiger partial charge in [-0.15, -0.1) is 0 Å². The summed E-state index contributed by atoms with van der Waals surface area (Å²) in [7, 11) is 0. The molecule has 0 spiro atoms. The third-order valence-corrected chi connectivity index (χ3v) is 8.46. The number of benzene rings is 3. The zero-order chi connectivity index (χ0) is 31.2. The summed E-state index contributed by atoms with van der Waals surface area (Å²) in [6, 6.07) is 25.5. The van der Waals surface area contributed by atoms with Crippen LogP contribution >= 0.6 is 0 Å². The number of nitrogens with two attached hydrogens (primary N) is 2.